The summed E-state index contributed by atoms with van der Waals surface area (Å²) in [5.74, 6) is -0.672. The van der Waals surface area contributed by atoms with Crippen LogP contribution >= 0.6 is 11.3 Å². The van der Waals surface area contributed by atoms with Crippen molar-refractivity contribution in [3.8, 4) is 11.5 Å². The van der Waals surface area contributed by atoms with E-state index in [4.69, 9.17) is 14.6 Å². The topological polar surface area (TPSA) is 84.9 Å². The van der Waals surface area contributed by atoms with Gasteiger partial charge in [-0.25, -0.2) is 4.79 Å². The molecule has 21 heavy (non-hydrogen) atoms. The highest BCUT2D eigenvalue weighted by molar-refractivity contribution is 7.12. The second kappa shape index (κ2) is 6.27. The fourth-order valence-corrected chi connectivity index (χ4v) is 2.44. The molecule has 110 valence electrons. The summed E-state index contributed by atoms with van der Waals surface area (Å²) < 4.78 is 10.2. The van der Waals surface area contributed by atoms with Gasteiger partial charge in [-0.2, -0.15) is 0 Å². The van der Waals surface area contributed by atoms with E-state index in [1.54, 1.807) is 23.6 Å². The van der Waals surface area contributed by atoms with Crippen molar-refractivity contribution in [1.29, 1.82) is 0 Å². The first-order valence-electron chi connectivity index (χ1n) is 5.91. The predicted molar refractivity (Wildman–Crippen MR) is 78.8 cm³/mol. The third-order valence-electron chi connectivity index (χ3n) is 2.76. The molecule has 0 saturated heterocycles. The number of aromatic carboxylic acids is 1. The van der Waals surface area contributed by atoms with Crippen LogP contribution in [0.25, 0.3) is 0 Å². The van der Waals surface area contributed by atoms with Crippen molar-refractivity contribution in [3.05, 3.63) is 40.1 Å². The van der Waals surface area contributed by atoms with E-state index < -0.39 is 11.9 Å². The van der Waals surface area contributed by atoms with Gasteiger partial charge in [0.25, 0.3) is 5.91 Å². The molecule has 0 atom stereocenters. The van der Waals surface area contributed by atoms with Gasteiger partial charge >= 0.3 is 5.97 Å². The lowest BCUT2D eigenvalue weighted by Crippen LogP contribution is -2.14. The first-order chi connectivity index (χ1) is 10.1. The SMILES string of the molecule is COc1ccc(OC)c(C(=O)Nc2ccsc2C(=O)O)c1. The Balaban J connectivity index is 2.31. The summed E-state index contributed by atoms with van der Waals surface area (Å²) in [6.45, 7) is 0. The standard InChI is InChI=1S/C14H13NO5S/c1-19-8-3-4-11(20-2)9(7-8)13(16)15-10-5-6-21-12(10)14(17)18/h3-7H,1-2H3,(H,15,16)(H,17,18). The number of benzene rings is 1. The molecule has 1 heterocycles. The number of hydrogen-bond acceptors (Lipinski definition) is 5. The highest BCUT2D eigenvalue weighted by Gasteiger charge is 2.18. The van der Waals surface area contributed by atoms with Crippen LogP contribution in [0.4, 0.5) is 5.69 Å². The van der Waals surface area contributed by atoms with E-state index in [9.17, 15) is 9.59 Å². The Kier molecular flexibility index (Phi) is 4.44. The number of carboxylic acid groups (broad SMARTS) is 1. The van der Waals surface area contributed by atoms with Gasteiger partial charge in [-0.3, -0.25) is 4.79 Å². The maximum Gasteiger partial charge on any atom is 0.348 e. The Labute approximate surface area is 124 Å². The Bertz CT molecular complexity index is 680. The largest absolute Gasteiger partial charge is 0.497 e. The fraction of sp³-hybridized carbons (Fsp3) is 0.143. The molecule has 2 N–H and O–H groups in total. The number of amides is 1. The van der Waals surface area contributed by atoms with Gasteiger partial charge in [0.1, 0.15) is 16.4 Å². The lowest BCUT2D eigenvalue weighted by molar-refractivity contribution is 0.0703. The number of hydrogen-bond donors (Lipinski definition) is 2. The van der Waals surface area contributed by atoms with Crippen molar-refractivity contribution in [2.45, 2.75) is 0 Å². The first kappa shape index (κ1) is 14.9. The zero-order valence-electron chi connectivity index (χ0n) is 11.4. The maximum atomic E-state index is 12.3. The Morgan fingerprint density at radius 3 is 2.57 bits per heavy atom. The van der Waals surface area contributed by atoms with Gasteiger partial charge in [0, 0.05) is 0 Å². The number of carboxylic acids is 1. The van der Waals surface area contributed by atoms with Gasteiger partial charge in [-0.1, -0.05) is 0 Å². The highest BCUT2D eigenvalue weighted by Crippen LogP contribution is 2.27. The predicted octanol–water partition coefficient (Wildman–Crippen LogP) is 2.72. The third-order valence-corrected chi connectivity index (χ3v) is 3.66. The van der Waals surface area contributed by atoms with Gasteiger partial charge in [-0.05, 0) is 29.6 Å². The number of ether oxygens (including phenoxy) is 2. The fourth-order valence-electron chi connectivity index (χ4n) is 1.75. The lowest BCUT2D eigenvalue weighted by atomic mass is 10.1. The van der Waals surface area contributed by atoms with Crippen LogP contribution in [0.3, 0.4) is 0 Å². The minimum Gasteiger partial charge on any atom is -0.497 e. The van der Waals surface area contributed by atoms with Crippen molar-refractivity contribution in [1.82, 2.24) is 0 Å². The molecule has 2 rings (SSSR count). The molecule has 0 spiro atoms. The normalized spacial score (nSPS) is 10.0. The van der Waals surface area contributed by atoms with Crippen LogP contribution in [-0.2, 0) is 0 Å². The van der Waals surface area contributed by atoms with Crippen molar-refractivity contribution < 1.29 is 24.2 Å². The molecule has 0 fully saturated rings. The van der Waals surface area contributed by atoms with Crippen LogP contribution < -0.4 is 14.8 Å². The van der Waals surface area contributed by atoms with E-state index in [0.29, 0.717) is 11.5 Å². The van der Waals surface area contributed by atoms with Crippen LogP contribution in [0, 0.1) is 0 Å². The third kappa shape index (κ3) is 3.14. The molecule has 0 aliphatic heterocycles. The summed E-state index contributed by atoms with van der Waals surface area (Å²) >= 11 is 1.04. The molecule has 1 aromatic heterocycles. The van der Waals surface area contributed by atoms with E-state index in [0.717, 1.165) is 11.3 Å². The quantitative estimate of drug-likeness (QED) is 0.887. The van der Waals surface area contributed by atoms with Gasteiger partial charge in [-0.15, -0.1) is 11.3 Å². The number of carbonyl (C=O) groups is 2. The zero-order valence-corrected chi connectivity index (χ0v) is 12.2. The molecular formula is C14H13NO5S. The molecule has 1 amide bonds. The van der Waals surface area contributed by atoms with Crippen LogP contribution in [0.2, 0.25) is 0 Å². The summed E-state index contributed by atoms with van der Waals surface area (Å²) in [7, 11) is 2.94. The molecule has 7 heteroatoms. The van der Waals surface area contributed by atoms with Crippen molar-refractivity contribution >= 4 is 28.9 Å². The number of methoxy groups -OCH3 is 2. The average Bonchev–Trinajstić information content (AvgIpc) is 2.94. The second-order valence-corrected chi connectivity index (χ2v) is 4.91. The highest BCUT2D eigenvalue weighted by atomic mass is 32.1. The smallest absolute Gasteiger partial charge is 0.348 e. The lowest BCUT2D eigenvalue weighted by Gasteiger charge is -2.10. The van der Waals surface area contributed by atoms with Crippen LogP contribution in [0.5, 0.6) is 11.5 Å². The van der Waals surface area contributed by atoms with E-state index in [1.807, 2.05) is 0 Å². The minimum atomic E-state index is -1.09. The van der Waals surface area contributed by atoms with Gasteiger partial charge in [0.2, 0.25) is 0 Å². The first-order valence-corrected chi connectivity index (χ1v) is 6.79. The second-order valence-electron chi connectivity index (χ2n) is 3.99. The van der Waals surface area contributed by atoms with Crippen LogP contribution in [-0.4, -0.2) is 31.2 Å². The molecule has 0 aliphatic carbocycles. The zero-order chi connectivity index (χ0) is 15.4. The van der Waals surface area contributed by atoms with E-state index in [2.05, 4.69) is 5.32 Å². The molecule has 2 aromatic rings. The minimum absolute atomic E-state index is 0.0743. The van der Waals surface area contributed by atoms with Crippen molar-refractivity contribution in [2.75, 3.05) is 19.5 Å². The summed E-state index contributed by atoms with van der Waals surface area (Å²) in [5, 5.41) is 13.2. The molecule has 0 unspecified atom stereocenters. The molecule has 0 aliphatic rings. The summed E-state index contributed by atoms with van der Waals surface area (Å²) in [6.07, 6.45) is 0. The van der Waals surface area contributed by atoms with E-state index in [1.165, 1.54) is 20.3 Å². The van der Waals surface area contributed by atoms with Crippen LogP contribution in [0.1, 0.15) is 20.0 Å². The van der Waals surface area contributed by atoms with Gasteiger partial charge < -0.3 is 19.9 Å². The number of rotatable bonds is 5. The number of anilines is 1. The molecule has 0 bridgehead atoms. The number of carbonyl (C=O) groups excluding carboxylic acids is 1. The maximum absolute atomic E-state index is 12.3. The Morgan fingerprint density at radius 1 is 1.19 bits per heavy atom. The molecule has 0 radical (unpaired) electrons. The van der Waals surface area contributed by atoms with Gasteiger partial charge in [0.15, 0.2) is 0 Å². The van der Waals surface area contributed by atoms with Crippen molar-refractivity contribution in [3.63, 3.8) is 0 Å². The van der Waals surface area contributed by atoms with Crippen molar-refractivity contribution in [2.24, 2.45) is 0 Å². The summed E-state index contributed by atoms with van der Waals surface area (Å²) in [6, 6.07) is 6.35. The monoisotopic (exact) mass is 307 g/mol. The summed E-state index contributed by atoms with van der Waals surface area (Å²) in [5.41, 5.74) is 0.516. The molecule has 0 saturated carbocycles. The van der Waals surface area contributed by atoms with Gasteiger partial charge in [0.05, 0.1) is 25.5 Å². The van der Waals surface area contributed by atoms with E-state index >= 15 is 0 Å². The van der Waals surface area contributed by atoms with E-state index in [-0.39, 0.29) is 16.1 Å². The summed E-state index contributed by atoms with van der Waals surface area (Å²) in [4.78, 5) is 23.4. The Hall–Kier alpha value is -2.54. The molecule has 1 aromatic carbocycles. The molecule has 6 nitrogen and oxygen atoms in total. The molecular weight excluding hydrogens is 294 g/mol. The van der Waals surface area contributed by atoms with Crippen LogP contribution in [0.15, 0.2) is 29.6 Å². The number of nitrogens with one attached hydrogen (secondary N) is 1. The Morgan fingerprint density at radius 2 is 1.95 bits per heavy atom. The number of thiophene rings is 1. The average molecular weight is 307 g/mol.